The molecule has 31 heavy (non-hydrogen) atoms. The second-order valence-electron chi connectivity index (χ2n) is 7.55. The SMILES string of the molecule is CCCn1c(N)c(C(=O)CN(CCc2ccccc2)Cc2ccc(C)s2)c(=O)[nH]c1=O. The standard InChI is InChI=1S/C23H28N4O3S/c1-3-12-27-21(24)20(22(29)25-23(27)30)19(28)15-26(14-18-10-9-16(2)31-18)13-11-17-7-5-4-6-8-17/h4-10H,3,11-15,24H2,1-2H3,(H,25,29,30). The molecule has 7 nitrogen and oxygen atoms in total. The Morgan fingerprint density at radius 2 is 1.90 bits per heavy atom. The quantitative estimate of drug-likeness (QED) is 0.472. The third-order valence-corrected chi connectivity index (χ3v) is 6.05. The molecule has 0 saturated carbocycles. The minimum absolute atomic E-state index is 0.0430. The lowest BCUT2D eigenvalue weighted by atomic mass is 10.1. The van der Waals surface area contributed by atoms with Gasteiger partial charge in [-0.05, 0) is 37.5 Å². The smallest absolute Gasteiger partial charge is 0.329 e. The maximum atomic E-state index is 13.1. The van der Waals surface area contributed by atoms with Gasteiger partial charge in [-0.1, -0.05) is 37.3 Å². The van der Waals surface area contributed by atoms with Crippen molar-refractivity contribution in [2.24, 2.45) is 0 Å². The fourth-order valence-electron chi connectivity index (χ4n) is 3.52. The maximum Gasteiger partial charge on any atom is 0.329 e. The van der Waals surface area contributed by atoms with E-state index in [1.165, 1.54) is 15.0 Å². The van der Waals surface area contributed by atoms with Crippen LogP contribution >= 0.6 is 11.3 Å². The molecule has 0 aliphatic rings. The van der Waals surface area contributed by atoms with Crippen LogP contribution in [-0.4, -0.2) is 33.3 Å². The minimum atomic E-state index is -0.727. The van der Waals surface area contributed by atoms with Crippen molar-refractivity contribution in [2.75, 3.05) is 18.8 Å². The molecule has 164 valence electrons. The van der Waals surface area contributed by atoms with Crippen molar-refractivity contribution in [3.63, 3.8) is 0 Å². The molecule has 2 heterocycles. The molecule has 0 spiro atoms. The summed E-state index contributed by atoms with van der Waals surface area (Å²) in [4.78, 5) is 44.2. The maximum absolute atomic E-state index is 13.1. The largest absolute Gasteiger partial charge is 0.384 e. The van der Waals surface area contributed by atoms with Gasteiger partial charge in [0, 0.05) is 29.4 Å². The molecular formula is C23H28N4O3S. The number of hydrogen-bond donors (Lipinski definition) is 2. The normalized spacial score (nSPS) is 11.2. The molecule has 0 aliphatic carbocycles. The summed E-state index contributed by atoms with van der Waals surface area (Å²) >= 11 is 1.69. The first-order valence-corrected chi connectivity index (χ1v) is 11.2. The van der Waals surface area contributed by atoms with Crippen LogP contribution in [0.1, 0.15) is 39.0 Å². The number of nitrogens with zero attached hydrogens (tertiary/aromatic N) is 2. The summed E-state index contributed by atoms with van der Waals surface area (Å²) < 4.78 is 1.26. The number of Topliss-reactive ketones (excluding diaryl/α,β-unsaturated/α-hetero) is 1. The molecule has 1 aromatic carbocycles. The Bertz CT molecular complexity index is 1150. The number of thiophene rings is 1. The highest BCUT2D eigenvalue weighted by molar-refractivity contribution is 7.11. The number of H-pyrrole nitrogens is 1. The summed E-state index contributed by atoms with van der Waals surface area (Å²) in [5.74, 6) is -0.444. The first-order valence-electron chi connectivity index (χ1n) is 10.4. The molecule has 3 rings (SSSR count). The number of ketones is 1. The zero-order chi connectivity index (χ0) is 22.4. The lowest BCUT2D eigenvalue weighted by molar-refractivity contribution is 0.0925. The molecule has 8 heteroatoms. The number of nitrogens with one attached hydrogen (secondary N) is 1. The Morgan fingerprint density at radius 1 is 1.16 bits per heavy atom. The summed E-state index contributed by atoms with van der Waals surface area (Å²) in [6.07, 6.45) is 1.43. The minimum Gasteiger partial charge on any atom is -0.384 e. The van der Waals surface area contributed by atoms with Gasteiger partial charge in [-0.3, -0.25) is 24.0 Å². The molecule has 0 saturated heterocycles. The van der Waals surface area contributed by atoms with Gasteiger partial charge in [0.05, 0.1) is 6.54 Å². The molecule has 0 atom stereocenters. The molecule has 2 aromatic heterocycles. The van der Waals surface area contributed by atoms with Crippen molar-refractivity contribution in [3.05, 3.63) is 84.2 Å². The van der Waals surface area contributed by atoms with Crippen LogP contribution in [0.25, 0.3) is 0 Å². The number of nitrogens with two attached hydrogens (primary N) is 1. The fourth-order valence-corrected chi connectivity index (χ4v) is 4.45. The van der Waals surface area contributed by atoms with Crippen molar-refractivity contribution >= 4 is 22.9 Å². The third-order valence-electron chi connectivity index (χ3n) is 5.07. The highest BCUT2D eigenvalue weighted by Gasteiger charge is 2.22. The first-order chi connectivity index (χ1) is 14.9. The summed E-state index contributed by atoms with van der Waals surface area (Å²) in [6.45, 7) is 5.58. The number of aromatic nitrogens is 2. The van der Waals surface area contributed by atoms with E-state index in [1.807, 2.05) is 36.9 Å². The molecule has 0 bridgehead atoms. The first kappa shape index (κ1) is 22.7. The third kappa shape index (κ3) is 5.80. The summed E-state index contributed by atoms with van der Waals surface area (Å²) in [5.41, 5.74) is 5.80. The number of carbonyl (C=O) groups is 1. The van der Waals surface area contributed by atoms with Gasteiger partial charge in [0.15, 0.2) is 5.78 Å². The van der Waals surface area contributed by atoms with Crippen LogP contribution in [0.15, 0.2) is 52.1 Å². The van der Waals surface area contributed by atoms with E-state index >= 15 is 0 Å². The van der Waals surface area contributed by atoms with Gasteiger partial charge in [0.2, 0.25) is 0 Å². The van der Waals surface area contributed by atoms with Gasteiger partial charge in [-0.15, -0.1) is 11.3 Å². The second-order valence-corrected chi connectivity index (χ2v) is 8.93. The molecule has 0 unspecified atom stereocenters. The van der Waals surface area contributed by atoms with Gasteiger partial charge in [0.1, 0.15) is 11.4 Å². The Morgan fingerprint density at radius 3 is 2.55 bits per heavy atom. The molecule has 0 amide bonds. The Balaban J connectivity index is 1.84. The lowest BCUT2D eigenvalue weighted by Crippen LogP contribution is -2.39. The molecule has 0 aliphatic heterocycles. The van der Waals surface area contributed by atoms with Crippen molar-refractivity contribution < 1.29 is 4.79 Å². The van der Waals surface area contributed by atoms with Gasteiger partial charge >= 0.3 is 5.69 Å². The van der Waals surface area contributed by atoms with Crippen LogP contribution < -0.4 is 17.0 Å². The van der Waals surface area contributed by atoms with Crippen molar-refractivity contribution in [1.82, 2.24) is 14.5 Å². The van der Waals surface area contributed by atoms with E-state index in [0.717, 1.165) is 11.3 Å². The molecule has 0 radical (unpaired) electrons. The summed E-state index contributed by atoms with van der Waals surface area (Å²) in [7, 11) is 0. The van der Waals surface area contributed by atoms with Crippen LogP contribution in [0.3, 0.4) is 0 Å². The number of carbonyl (C=O) groups excluding carboxylic acids is 1. The monoisotopic (exact) mass is 440 g/mol. The highest BCUT2D eigenvalue weighted by Crippen LogP contribution is 2.18. The molecule has 3 N–H and O–H groups in total. The lowest BCUT2D eigenvalue weighted by Gasteiger charge is -2.21. The van der Waals surface area contributed by atoms with E-state index in [0.29, 0.717) is 26.1 Å². The van der Waals surface area contributed by atoms with Crippen molar-refractivity contribution in [2.45, 2.75) is 39.8 Å². The van der Waals surface area contributed by atoms with E-state index in [4.69, 9.17) is 5.73 Å². The molecular weight excluding hydrogens is 412 g/mol. The van der Waals surface area contributed by atoms with Crippen LogP contribution in [0.5, 0.6) is 0 Å². The second kappa shape index (κ2) is 10.4. The Hall–Kier alpha value is -2.97. The zero-order valence-electron chi connectivity index (χ0n) is 17.9. The number of aryl methyl sites for hydroxylation is 1. The van der Waals surface area contributed by atoms with Gasteiger partial charge < -0.3 is 5.73 Å². The fraction of sp³-hybridized carbons (Fsp3) is 0.348. The number of rotatable bonds is 10. The molecule has 0 fully saturated rings. The number of benzene rings is 1. The van der Waals surface area contributed by atoms with Crippen LogP contribution in [-0.2, 0) is 19.5 Å². The molecule has 3 aromatic rings. The number of aromatic amines is 1. The summed E-state index contributed by atoms with van der Waals surface area (Å²) in [5, 5.41) is 0. The number of anilines is 1. The van der Waals surface area contributed by atoms with E-state index < -0.39 is 11.2 Å². The van der Waals surface area contributed by atoms with E-state index in [2.05, 4.69) is 29.2 Å². The Kier molecular flexibility index (Phi) is 7.59. The van der Waals surface area contributed by atoms with Crippen LogP contribution in [0, 0.1) is 6.92 Å². The van der Waals surface area contributed by atoms with E-state index in [9.17, 15) is 14.4 Å². The van der Waals surface area contributed by atoms with Crippen molar-refractivity contribution in [1.29, 1.82) is 0 Å². The van der Waals surface area contributed by atoms with Gasteiger partial charge in [-0.25, -0.2) is 4.79 Å². The number of hydrogen-bond acceptors (Lipinski definition) is 6. The Labute approximate surface area is 185 Å². The highest BCUT2D eigenvalue weighted by atomic mass is 32.1. The summed E-state index contributed by atoms with van der Waals surface area (Å²) in [6, 6.07) is 14.2. The average molecular weight is 441 g/mol. The predicted octanol–water partition coefficient (Wildman–Crippen LogP) is 2.83. The number of nitrogen functional groups attached to an aromatic ring is 1. The predicted molar refractivity (Wildman–Crippen MR) is 125 cm³/mol. The van der Waals surface area contributed by atoms with E-state index in [-0.39, 0.29) is 23.7 Å². The zero-order valence-corrected chi connectivity index (χ0v) is 18.7. The topological polar surface area (TPSA) is 101 Å². The van der Waals surface area contributed by atoms with Gasteiger partial charge in [-0.2, -0.15) is 0 Å². The van der Waals surface area contributed by atoms with Crippen LogP contribution in [0.4, 0.5) is 5.82 Å². The average Bonchev–Trinajstić information content (AvgIpc) is 3.14. The van der Waals surface area contributed by atoms with Crippen molar-refractivity contribution in [3.8, 4) is 0 Å². The van der Waals surface area contributed by atoms with E-state index in [1.54, 1.807) is 11.3 Å². The van der Waals surface area contributed by atoms with Gasteiger partial charge in [0.25, 0.3) is 5.56 Å². The van der Waals surface area contributed by atoms with Crippen LogP contribution in [0.2, 0.25) is 0 Å².